The smallest absolute Gasteiger partial charge is 0.246 e. The maximum absolute atomic E-state index is 13.3. The van der Waals surface area contributed by atoms with Gasteiger partial charge in [0.05, 0.1) is 18.3 Å². The maximum atomic E-state index is 13.3. The van der Waals surface area contributed by atoms with Crippen molar-refractivity contribution in [2.24, 2.45) is 0 Å². The number of hydrogen-bond acceptors (Lipinski definition) is 6. The fourth-order valence-electron chi connectivity index (χ4n) is 3.56. The fourth-order valence-corrected chi connectivity index (χ4v) is 4.37. The highest BCUT2D eigenvalue weighted by atomic mass is 32.2. The van der Waals surface area contributed by atoms with Gasteiger partial charge in [-0.2, -0.15) is 4.31 Å². The zero-order valence-corrected chi connectivity index (χ0v) is 15.2. The minimum Gasteiger partial charge on any atom is -0.421 e. The zero-order chi connectivity index (χ0) is 18.4. The Labute approximate surface area is 151 Å². The van der Waals surface area contributed by atoms with Crippen LogP contribution in [0.25, 0.3) is 0 Å². The second kappa shape index (κ2) is 6.40. The Morgan fingerprint density at radius 3 is 2.58 bits per heavy atom. The molecule has 9 heteroatoms. The van der Waals surface area contributed by atoms with E-state index < -0.39 is 21.5 Å². The molecule has 26 heavy (non-hydrogen) atoms. The molecular formula is C17H20FN3O4S. The third-order valence-corrected chi connectivity index (χ3v) is 6.50. The summed E-state index contributed by atoms with van der Waals surface area (Å²) >= 11 is 0. The van der Waals surface area contributed by atoms with Gasteiger partial charge in [0.1, 0.15) is 11.9 Å². The Bertz CT molecular complexity index is 893. The van der Waals surface area contributed by atoms with Gasteiger partial charge < -0.3 is 9.15 Å². The molecule has 0 spiro atoms. The molecule has 140 valence electrons. The molecule has 0 N–H and O–H groups in total. The number of hydrogen-bond donors (Lipinski definition) is 0. The third-order valence-electron chi connectivity index (χ3n) is 5.23. The lowest BCUT2D eigenvalue weighted by atomic mass is 9.64. The van der Waals surface area contributed by atoms with Crippen molar-refractivity contribution in [3.8, 4) is 0 Å². The quantitative estimate of drug-likeness (QED) is 0.805. The molecule has 2 aromatic rings. The highest BCUT2D eigenvalue weighted by Crippen LogP contribution is 2.48. The van der Waals surface area contributed by atoms with E-state index in [0.717, 1.165) is 24.8 Å². The second-order valence-electron chi connectivity index (χ2n) is 6.87. The van der Waals surface area contributed by atoms with Crippen molar-refractivity contribution in [3.63, 3.8) is 0 Å². The van der Waals surface area contributed by atoms with Crippen LogP contribution in [0.2, 0.25) is 0 Å². The first-order chi connectivity index (χ1) is 12.4. The Balaban J connectivity index is 1.60. The van der Waals surface area contributed by atoms with Crippen LogP contribution in [0, 0.1) is 5.82 Å². The first-order valence-electron chi connectivity index (χ1n) is 8.55. The number of sulfonamides is 1. The number of aromatic nitrogens is 2. The Hall–Kier alpha value is -1.84. The standard InChI is InChI=1S/C17H20FN3O4S/c1-26(22,23)21-9-10-24-14(11-21)15-19-20-16(25-15)17(7-2-8-17)12-3-5-13(18)6-4-12/h3-6,14H,2,7-11H2,1H3/t14-/m1/s1. The van der Waals surface area contributed by atoms with E-state index in [1.807, 2.05) is 0 Å². The van der Waals surface area contributed by atoms with Crippen LogP contribution in [0.15, 0.2) is 28.7 Å². The van der Waals surface area contributed by atoms with Crippen LogP contribution >= 0.6 is 0 Å². The summed E-state index contributed by atoms with van der Waals surface area (Å²) in [5.41, 5.74) is 0.548. The number of halogens is 1. The van der Waals surface area contributed by atoms with Gasteiger partial charge in [-0.15, -0.1) is 10.2 Å². The maximum Gasteiger partial charge on any atom is 0.246 e. The highest BCUT2D eigenvalue weighted by molar-refractivity contribution is 7.88. The van der Waals surface area contributed by atoms with Gasteiger partial charge in [0, 0.05) is 13.1 Å². The van der Waals surface area contributed by atoms with Gasteiger partial charge in [-0.3, -0.25) is 0 Å². The van der Waals surface area contributed by atoms with Crippen LogP contribution in [-0.4, -0.2) is 48.9 Å². The molecule has 0 bridgehead atoms. The van der Waals surface area contributed by atoms with E-state index in [0.29, 0.717) is 12.4 Å². The molecule has 1 saturated carbocycles. The lowest BCUT2D eigenvalue weighted by molar-refractivity contribution is -0.0184. The minimum atomic E-state index is -3.30. The summed E-state index contributed by atoms with van der Waals surface area (Å²) < 4.78 is 49.7. The van der Waals surface area contributed by atoms with E-state index in [1.54, 1.807) is 12.1 Å². The van der Waals surface area contributed by atoms with Gasteiger partial charge in [0.25, 0.3) is 0 Å². The van der Waals surface area contributed by atoms with Crippen molar-refractivity contribution in [2.45, 2.75) is 30.8 Å². The molecule has 1 aromatic heterocycles. The van der Waals surface area contributed by atoms with E-state index in [4.69, 9.17) is 9.15 Å². The van der Waals surface area contributed by atoms with Gasteiger partial charge in [-0.1, -0.05) is 18.6 Å². The molecule has 1 atom stereocenters. The average molecular weight is 381 g/mol. The summed E-state index contributed by atoms with van der Waals surface area (Å²) in [6.07, 6.45) is 3.32. The summed E-state index contributed by atoms with van der Waals surface area (Å²) in [6.45, 7) is 0.748. The van der Waals surface area contributed by atoms with Crippen molar-refractivity contribution >= 4 is 10.0 Å². The summed E-state index contributed by atoms with van der Waals surface area (Å²) in [6, 6.07) is 6.36. The van der Waals surface area contributed by atoms with Gasteiger partial charge >= 0.3 is 0 Å². The summed E-state index contributed by atoms with van der Waals surface area (Å²) in [5, 5.41) is 8.32. The monoisotopic (exact) mass is 381 g/mol. The second-order valence-corrected chi connectivity index (χ2v) is 8.85. The van der Waals surface area contributed by atoms with E-state index in [2.05, 4.69) is 10.2 Å². The van der Waals surface area contributed by atoms with Crippen molar-refractivity contribution < 1.29 is 22.0 Å². The number of ether oxygens (including phenoxy) is 1. The largest absolute Gasteiger partial charge is 0.421 e. The third kappa shape index (κ3) is 3.04. The predicted molar refractivity (Wildman–Crippen MR) is 90.4 cm³/mol. The summed E-state index contributed by atoms with van der Waals surface area (Å²) in [7, 11) is -3.30. The van der Waals surface area contributed by atoms with Crippen LogP contribution in [0.3, 0.4) is 0 Å². The first-order valence-corrected chi connectivity index (χ1v) is 10.4. The molecule has 4 rings (SSSR count). The minimum absolute atomic E-state index is 0.157. The van der Waals surface area contributed by atoms with Gasteiger partial charge in [-0.05, 0) is 30.5 Å². The van der Waals surface area contributed by atoms with Crippen LogP contribution < -0.4 is 0 Å². The van der Waals surface area contributed by atoms with Crippen molar-refractivity contribution in [2.75, 3.05) is 26.0 Å². The summed E-state index contributed by atoms with van der Waals surface area (Å²) in [4.78, 5) is 0. The molecular weight excluding hydrogens is 361 g/mol. The SMILES string of the molecule is CS(=O)(=O)N1CCO[C@@H](c2nnc(C3(c4ccc(F)cc4)CCC3)o2)C1. The molecule has 2 heterocycles. The molecule has 1 saturated heterocycles. The predicted octanol–water partition coefficient (Wildman–Crippen LogP) is 2.01. The van der Waals surface area contributed by atoms with E-state index in [1.165, 1.54) is 22.7 Å². The lowest BCUT2D eigenvalue weighted by Gasteiger charge is -2.39. The number of morpholine rings is 1. The number of nitrogens with zero attached hydrogens (tertiary/aromatic N) is 3. The van der Waals surface area contributed by atoms with Gasteiger partial charge in [0.2, 0.25) is 21.8 Å². The van der Waals surface area contributed by atoms with Gasteiger partial charge in [-0.25, -0.2) is 12.8 Å². The van der Waals surface area contributed by atoms with Crippen molar-refractivity contribution in [1.82, 2.24) is 14.5 Å². The van der Waals surface area contributed by atoms with Crippen LogP contribution in [-0.2, 0) is 20.2 Å². The molecule has 1 aromatic carbocycles. The molecule has 0 amide bonds. The molecule has 2 fully saturated rings. The Morgan fingerprint density at radius 2 is 1.96 bits per heavy atom. The van der Waals surface area contributed by atoms with E-state index in [-0.39, 0.29) is 24.9 Å². The molecule has 2 aliphatic rings. The Morgan fingerprint density at radius 1 is 1.23 bits per heavy atom. The van der Waals surface area contributed by atoms with Crippen LogP contribution in [0.4, 0.5) is 4.39 Å². The van der Waals surface area contributed by atoms with Crippen molar-refractivity contribution in [1.29, 1.82) is 0 Å². The molecule has 1 aliphatic heterocycles. The fraction of sp³-hybridized carbons (Fsp3) is 0.529. The molecule has 7 nitrogen and oxygen atoms in total. The average Bonchev–Trinajstić information content (AvgIpc) is 3.05. The molecule has 1 aliphatic carbocycles. The Kier molecular flexibility index (Phi) is 4.32. The van der Waals surface area contributed by atoms with Crippen LogP contribution in [0.1, 0.15) is 42.7 Å². The lowest BCUT2D eigenvalue weighted by Crippen LogP contribution is -2.41. The normalized spacial score (nSPS) is 23.5. The number of benzene rings is 1. The molecule has 0 radical (unpaired) electrons. The van der Waals surface area contributed by atoms with Crippen molar-refractivity contribution in [3.05, 3.63) is 47.4 Å². The van der Waals surface area contributed by atoms with E-state index in [9.17, 15) is 12.8 Å². The first kappa shape index (κ1) is 17.6. The van der Waals surface area contributed by atoms with E-state index >= 15 is 0 Å². The molecule has 0 unspecified atom stereocenters. The highest BCUT2D eigenvalue weighted by Gasteiger charge is 2.45. The van der Waals surface area contributed by atoms with Gasteiger partial charge in [0.15, 0.2) is 0 Å². The number of rotatable bonds is 4. The van der Waals surface area contributed by atoms with Crippen LogP contribution in [0.5, 0.6) is 0 Å². The summed E-state index contributed by atoms with van der Waals surface area (Å²) in [5.74, 6) is 0.470. The zero-order valence-electron chi connectivity index (χ0n) is 14.4. The topological polar surface area (TPSA) is 85.5 Å².